The van der Waals surface area contributed by atoms with Crippen molar-refractivity contribution in [3.63, 3.8) is 0 Å². The minimum absolute atomic E-state index is 0.302. The average molecular weight is 294 g/mol. The number of benzene rings is 1. The molecule has 0 spiro atoms. The Hall–Kier alpha value is -3.02. The second kappa shape index (κ2) is 6.17. The minimum Gasteiger partial charge on any atom is -0.462 e. The van der Waals surface area contributed by atoms with Crippen molar-refractivity contribution in [2.24, 2.45) is 0 Å². The van der Waals surface area contributed by atoms with Crippen molar-refractivity contribution in [3.05, 3.63) is 59.7 Å². The van der Waals surface area contributed by atoms with E-state index in [1.807, 2.05) is 42.5 Å². The van der Waals surface area contributed by atoms with Crippen LogP contribution in [0.15, 0.2) is 42.9 Å². The number of hydrogen-bond donors (Lipinski definition) is 0. The average Bonchev–Trinajstić information content (AvgIpc) is 3.02. The van der Waals surface area contributed by atoms with Crippen LogP contribution >= 0.6 is 0 Å². The first kappa shape index (κ1) is 13.9. The van der Waals surface area contributed by atoms with Gasteiger partial charge in [-0.05, 0) is 18.6 Å². The highest BCUT2D eigenvalue weighted by Crippen LogP contribution is 2.14. The Kier molecular flexibility index (Phi) is 3.91. The van der Waals surface area contributed by atoms with Crippen LogP contribution in [-0.4, -0.2) is 32.2 Å². The molecule has 2 aromatic heterocycles. The maximum atomic E-state index is 12.1. The quantitative estimate of drug-likeness (QED) is 0.691. The summed E-state index contributed by atoms with van der Waals surface area (Å²) in [5.41, 5.74) is 1.96. The maximum Gasteiger partial charge on any atom is 0.341 e. The number of hydrogen-bond acceptors (Lipinski definition) is 5. The van der Waals surface area contributed by atoms with Gasteiger partial charge in [0.1, 0.15) is 11.9 Å². The Morgan fingerprint density at radius 3 is 2.82 bits per heavy atom. The molecule has 0 aliphatic carbocycles. The topological polar surface area (TPSA) is 69.4 Å². The van der Waals surface area contributed by atoms with E-state index in [4.69, 9.17) is 4.74 Å². The Bertz CT molecular complexity index is 825. The molecule has 22 heavy (non-hydrogen) atoms. The van der Waals surface area contributed by atoms with Gasteiger partial charge in [0.15, 0.2) is 0 Å². The van der Waals surface area contributed by atoms with Gasteiger partial charge in [-0.25, -0.2) is 9.78 Å². The third-order valence-electron chi connectivity index (χ3n) is 3.07. The van der Waals surface area contributed by atoms with Gasteiger partial charge < -0.3 is 4.74 Å². The molecule has 0 amide bonds. The lowest BCUT2D eigenvalue weighted by Gasteiger charge is -2.06. The first-order valence-corrected chi connectivity index (χ1v) is 6.88. The van der Waals surface area contributed by atoms with E-state index in [9.17, 15) is 4.79 Å². The van der Waals surface area contributed by atoms with E-state index in [1.54, 1.807) is 6.92 Å². The van der Waals surface area contributed by atoms with Crippen LogP contribution in [0.1, 0.15) is 28.5 Å². The number of rotatable bonds is 4. The second-order valence-corrected chi connectivity index (χ2v) is 4.49. The van der Waals surface area contributed by atoms with Gasteiger partial charge in [-0.2, -0.15) is 14.6 Å². The molecule has 0 unspecified atom stereocenters. The third kappa shape index (κ3) is 2.71. The summed E-state index contributed by atoms with van der Waals surface area (Å²) >= 11 is 0. The van der Waals surface area contributed by atoms with Gasteiger partial charge in [-0.3, -0.25) is 0 Å². The Labute approximate surface area is 127 Å². The normalized spacial score (nSPS) is 11.1. The number of fused-ring (bicyclic) bond motifs is 1. The fraction of sp³-hybridized carbons (Fsp3) is 0.125. The molecule has 0 atom stereocenters. The highest BCUT2D eigenvalue weighted by molar-refractivity contribution is 5.94. The summed E-state index contributed by atoms with van der Waals surface area (Å²) in [6.07, 6.45) is 6.58. The lowest BCUT2D eigenvalue weighted by atomic mass is 10.1. The Morgan fingerprint density at radius 1 is 1.23 bits per heavy atom. The van der Waals surface area contributed by atoms with E-state index in [2.05, 4.69) is 15.1 Å². The zero-order valence-corrected chi connectivity index (χ0v) is 12.0. The van der Waals surface area contributed by atoms with Gasteiger partial charge in [-0.1, -0.05) is 36.4 Å². The minimum atomic E-state index is -0.430. The lowest BCUT2D eigenvalue weighted by Crippen LogP contribution is -2.11. The van der Waals surface area contributed by atoms with E-state index in [1.165, 1.54) is 17.0 Å². The lowest BCUT2D eigenvalue weighted by molar-refractivity contribution is 0.0525. The molecular weight excluding hydrogens is 280 g/mol. The molecule has 0 aliphatic rings. The first-order valence-electron chi connectivity index (χ1n) is 6.88. The van der Waals surface area contributed by atoms with Crippen LogP contribution in [0.25, 0.3) is 17.9 Å². The van der Waals surface area contributed by atoms with Crippen molar-refractivity contribution in [1.82, 2.24) is 19.6 Å². The van der Waals surface area contributed by atoms with E-state index < -0.39 is 5.97 Å². The molecule has 0 saturated carbocycles. The number of ether oxygens (including phenoxy) is 1. The molecule has 1 aromatic carbocycles. The molecular formula is C16H14N4O2. The number of esters is 1. The monoisotopic (exact) mass is 294 g/mol. The van der Waals surface area contributed by atoms with Crippen LogP contribution in [-0.2, 0) is 4.74 Å². The van der Waals surface area contributed by atoms with Crippen molar-refractivity contribution in [2.45, 2.75) is 6.92 Å². The van der Waals surface area contributed by atoms with Crippen LogP contribution in [0.4, 0.5) is 0 Å². The van der Waals surface area contributed by atoms with Gasteiger partial charge in [0.25, 0.3) is 5.78 Å². The molecule has 0 N–H and O–H groups in total. The molecule has 6 heteroatoms. The second-order valence-electron chi connectivity index (χ2n) is 4.49. The molecule has 0 fully saturated rings. The molecule has 110 valence electrons. The summed E-state index contributed by atoms with van der Waals surface area (Å²) in [6.45, 7) is 2.06. The predicted octanol–water partition coefficient (Wildman–Crippen LogP) is 2.47. The number of aromatic nitrogens is 4. The largest absolute Gasteiger partial charge is 0.462 e. The summed E-state index contributed by atoms with van der Waals surface area (Å²) in [7, 11) is 0. The van der Waals surface area contributed by atoms with Crippen molar-refractivity contribution < 1.29 is 9.53 Å². The summed E-state index contributed by atoms with van der Waals surface area (Å²) in [4.78, 5) is 20.2. The smallest absolute Gasteiger partial charge is 0.341 e. The van der Waals surface area contributed by atoms with E-state index >= 15 is 0 Å². The Morgan fingerprint density at radius 2 is 2.05 bits per heavy atom. The van der Waals surface area contributed by atoms with Crippen molar-refractivity contribution in [2.75, 3.05) is 6.61 Å². The standard InChI is InChI=1S/C16H14N4O2/c1-2-22-15(21)13-10-17-16-18-11-19-20(16)14(13)9-8-12-6-4-3-5-7-12/h3-11H,2H2,1H3. The Balaban J connectivity index is 2.08. The predicted molar refractivity (Wildman–Crippen MR) is 82.1 cm³/mol. The van der Waals surface area contributed by atoms with Crippen molar-refractivity contribution in [1.29, 1.82) is 0 Å². The molecule has 6 nitrogen and oxygen atoms in total. The highest BCUT2D eigenvalue weighted by atomic mass is 16.5. The van der Waals surface area contributed by atoms with Gasteiger partial charge in [-0.15, -0.1) is 0 Å². The molecule has 3 rings (SSSR count). The summed E-state index contributed by atoms with van der Waals surface area (Å²) in [6, 6.07) is 9.79. The number of carbonyl (C=O) groups excluding carboxylic acids is 1. The maximum absolute atomic E-state index is 12.1. The molecule has 0 radical (unpaired) electrons. The number of nitrogens with zero attached hydrogens (tertiary/aromatic N) is 4. The first-order chi connectivity index (χ1) is 10.8. The third-order valence-corrected chi connectivity index (χ3v) is 3.07. The van der Waals surface area contributed by atoms with Crippen molar-refractivity contribution >= 4 is 23.9 Å². The summed E-state index contributed by atoms with van der Waals surface area (Å²) < 4.78 is 6.59. The van der Waals surface area contributed by atoms with Crippen molar-refractivity contribution in [3.8, 4) is 0 Å². The highest BCUT2D eigenvalue weighted by Gasteiger charge is 2.15. The van der Waals surface area contributed by atoms with E-state index in [0.717, 1.165) is 5.56 Å². The van der Waals surface area contributed by atoms with Gasteiger partial charge in [0.05, 0.1) is 12.3 Å². The molecule has 0 bridgehead atoms. The number of carbonyl (C=O) groups is 1. The van der Waals surface area contributed by atoms with Crippen LogP contribution in [0.2, 0.25) is 0 Å². The van der Waals surface area contributed by atoms with Crippen LogP contribution < -0.4 is 0 Å². The van der Waals surface area contributed by atoms with Crippen LogP contribution in [0.5, 0.6) is 0 Å². The molecule has 2 heterocycles. The molecule has 3 aromatic rings. The zero-order chi connectivity index (χ0) is 15.4. The SMILES string of the molecule is CCOC(=O)c1cnc2ncnn2c1C=Cc1ccccc1. The van der Waals surface area contributed by atoms with Gasteiger partial charge >= 0.3 is 5.97 Å². The zero-order valence-electron chi connectivity index (χ0n) is 12.0. The fourth-order valence-electron chi connectivity index (χ4n) is 2.06. The molecule has 0 saturated heterocycles. The van der Waals surface area contributed by atoms with E-state index in [0.29, 0.717) is 23.6 Å². The van der Waals surface area contributed by atoms with E-state index in [-0.39, 0.29) is 0 Å². The van der Waals surface area contributed by atoms with Gasteiger partial charge in [0, 0.05) is 6.20 Å². The molecule has 0 aliphatic heterocycles. The van der Waals surface area contributed by atoms with Gasteiger partial charge in [0.2, 0.25) is 0 Å². The van der Waals surface area contributed by atoms with Crippen LogP contribution in [0.3, 0.4) is 0 Å². The summed E-state index contributed by atoms with van der Waals surface area (Å²) in [5, 5.41) is 4.12. The fourth-order valence-corrected chi connectivity index (χ4v) is 2.06. The van der Waals surface area contributed by atoms with Crippen LogP contribution in [0, 0.1) is 0 Å². The summed E-state index contributed by atoms with van der Waals surface area (Å²) in [5.74, 6) is 0.000807.